The first-order valence-corrected chi connectivity index (χ1v) is 5.67. The molecule has 68 valence electrons. The van der Waals surface area contributed by atoms with Gasteiger partial charge in [0.05, 0.1) is 0 Å². The molecule has 0 spiro atoms. The number of aromatic nitrogens is 2. The summed E-state index contributed by atoms with van der Waals surface area (Å²) >= 11 is 8.43. The van der Waals surface area contributed by atoms with E-state index < -0.39 is 4.20 Å². The van der Waals surface area contributed by atoms with E-state index in [1.54, 1.807) is 6.20 Å². The minimum absolute atomic E-state index is 0.401. The van der Waals surface area contributed by atoms with Crippen molar-refractivity contribution in [1.29, 1.82) is 0 Å². The molecular formula is C6H11N3S3. The SMILES string of the molecule is Cn1ccnc1NC(C)(S)SS. The smallest absolute Gasteiger partial charge is 0.204 e. The predicted molar refractivity (Wildman–Crippen MR) is 60.8 cm³/mol. The van der Waals surface area contributed by atoms with Crippen LogP contribution in [0.4, 0.5) is 5.95 Å². The van der Waals surface area contributed by atoms with Crippen molar-refractivity contribution >= 4 is 41.0 Å². The average Bonchev–Trinajstić information content (AvgIpc) is 2.36. The van der Waals surface area contributed by atoms with Crippen molar-refractivity contribution in [3.8, 4) is 0 Å². The Morgan fingerprint density at radius 2 is 2.42 bits per heavy atom. The van der Waals surface area contributed by atoms with Gasteiger partial charge >= 0.3 is 0 Å². The van der Waals surface area contributed by atoms with Crippen LogP contribution in [0, 0.1) is 0 Å². The first kappa shape index (κ1) is 10.1. The fraction of sp³-hybridized carbons (Fsp3) is 0.500. The summed E-state index contributed by atoms with van der Waals surface area (Å²) in [5, 5.41) is 3.12. The summed E-state index contributed by atoms with van der Waals surface area (Å²) in [7, 11) is 3.25. The first-order chi connectivity index (χ1) is 5.55. The lowest BCUT2D eigenvalue weighted by atomic mass is 10.7. The van der Waals surface area contributed by atoms with Crippen molar-refractivity contribution in [1.82, 2.24) is 9.55 Å². The highest BCUT2D eigenvalue weighted by molar-refractivity contribution is 8.70. The monoisotopic (exact) mass is 221 g/mol. The van der Waals surface area contributed by atoms with E-state index in [9.17, 15) is 0 Å². The van der Waals surface area contributed by atoms with Gasteiger partial charge in [-0.3, -0.25) is 0 Å². The van der Waals surface area contributed by atoms with Crippen molar-refractivity contribution in [2.75, 3.05) is 5.32 Å². The largest absolute Gasteiger partial charge is 0.332 e. The van der Waals surface area contributed by atoms with Crippen molar-refractivity contribution in [3.63, 3.8) is 0 Å². The lowest BCUT2D eigenvalue weighted by molar-refractivity contribution is 0.886. The fourth-order valence-electron chi connectivity index (χ4n) is 0.716. The fourth-order valence-corrected chi connectivity index (χ4v) is 1.09. The van der Waals surface area contributed by atoms with Gasteiger partial charge in [-0.05, 0) is 6.92 Å². The molecule has 0 amide bonds. The molecule has 0 fully saturated rings. The van der Waals surface area contributed by atoms with E-state index in [0.29, 0.717) is 0 Å². The van der Waals surface area contributed by atoms with Crippen molar-refractivity contribution < 1.29 is 0 Å². The second-order valence-corrected chi connectivity index (χ2v) is 5.30. The van der Waals surface area contributed by atoms with E-state index in [1.165, 1.54) is 10.8 Å². The van der Waals surface area contributed by atoms with Crippen LogP contribution in [0.15, 0.2) is 12.4 Å². The van der Waals surface area contributed by atoms with Gasteiger partial charge in [-0.1, -0.05) is 10.8 Å². The third-order valence-corrected chi connectivity index (χ3v) is 3.71. The molecular weight excluding hydrogens is 210 g/mol. The Kier molecular flexibility index (Phi) is 3.25. The number of hydrogen-bond donors (Lipinski definition) is 3. The van der Waals surface area contributed by atoms with E-state index in [-0.39, 0.29) is 0 Å². The summed E-state index contributed by atoms with van der Waals surface area (Å²) in [6, 6.07) is 0. The van der Waals surface area contributed by atoms with Crippen molar-refractivity contribution in [3.05, 3.63) is 12.4 Å². The molecule has 0 saturated carbocycles. The molecule has 1 aromatic rings. The van der Waals surface area contributed by atoms with Crippen molar-refractivity contribution in [2.24, 2.45) is 7.05 Å². The minimum atomic E-state index is -0.401. The van der Waals surface area contributed by atoms with E-state index in [4.69, 9.17) is 0 Å². The summed E-state index contributed by atoms with van der Waals surface area (Å²) in [5.41, 5.74) is 0. The van der Waals surface area contributed by atoms with Crippen LogP contribution in [-0.2, 0) is 7.05 Å². The van der Waals surface area contributed by atoms with Gasteiger partial charge in [-0.15, -0.1) is 24.3 Å². The van der Waals surface area contributed by atoms with Gasteiger partial charge in [0.2, 0.25) is 5.95 Å². The van der Waals surface area contributed by atoms with E-state index in [1.807, 2.05) is 24.7 Å². The minimum Gasteiger partial charge on any atom is -0.332 e. The lowest BCUT2D eigenvalue weighted by Crippen LogP contribution is -2.23. The van der Waals surface area contributed by atoms with Gasteiger partial charge in [-0.2, -0.15) is 0 Å². The second kappa shape index (κ2) is 3.85. The Hall–Kier alpha value is 0.0600. The van der Waals surface area contributed by atoms with Crippen LogP contribution in [0.1, 0.15) is 6.92 Å². The van der Waals surface area contributed by atoms with Gasteiger partial charge < -0.3 is 9.88 Å². The van der Waals surface area contributed by atoms with Crippen LogP contribution in [-0.4, -0.2) is 13.8 Å². The molecule has 1 heterocycles. The Balaban J connectivity index is 2.70. The third kappa shape index (κ3) is 2.53. The normalized spacial score (nSPS) is 15.7. The molecule has 0 aliphatic heterocycles. The molecule has 0 radical (unpaired) electrons. The summed E-state index contributed by atoms with van der Waals surface area (Å²) in [6.45, 7) is 1.92. The summed E-state index contributed by atoms with van der Waals surface area (Å²) in [5.74, 6) is 0.786. The van der Waals surface area contributed by atoms with Crippen LogP contribution in [0.3, 0.4) is 0 Å². The zero-order valence-corrected chi connectivity index (χ0v) is 9.46. The van der Waals surface area contributed by atoms with Crippen LogP contribution >= 0.6 is 35.1 Å². The quantitative estimate of drug-likeness (QED) is 0.414. The molecule has 1 N–H and O–H groups in total. The predicted octanol–water partition coefficient (Wildman–Crippen LogP) is 2.01. The summed E-state index contributed by atoms with van der Waals surface area (Å²) < 4.78 is 1.49. The van der Waals surface area contributed by atoms with E-state index in [0.717, 1.165) is 5.95 Å². The van der Waals surface area contributed by atoms with Crippen LogP contribution in [0.2, 0.25) is 0 Å². The molecule has 12 heavy (non-hydrogen) atoms. The molecule has 1 unspecified atom stereocenters. The number of rotatable bonds is 3. The number of aryl methyl sites for hydroxylation is 1. The number of anilines is 1. The van der Waals surface area contributed by atoms with Crippen LogP contribution < -0.4 is 5.32 Å². The number of thiol groups is 2. The molecule has 3 nitrogen and oxygen atoms in total. The third-order valence-electron chi connectivity index (χ3n) is 1.34. The molecule has 0 aromatic carbocycles. The van der Waals surface area contributed by atoms with E-state index >= 15 is 0 Å². The first-order valence-electron chi connectivity index (χ1n) is 3.35. The van der Waals surface area contributed by atoms with Crippen LogP contribution in [0.5, 0.6) is 0 Å². The Morgan fingerprint density at radius 1 is 1.75 bits per heavy atom. The Morgan fingerprint density at radius 3 is 2.83 bits per heavy atom. The van der Waals surface area contributed by atoms with Gasteiger partial charge in [0.1, 0.15) is 4.20 Å². The maximum Gasteiger partial charge on any atom is 0.204 e. The summed E-state index contributed by atoms with van der Waals surface area (Å²) in [6.07, 6.45) is 3.60. The molecule has 1 atom stereocenters. The average molecular weight is 221 g/mol. The highest BCUT2D eigenvalue weighted by Crippen LogP contribution is 2.32. The molecule has 0 aliphatic rings. The Labute approximate surface area is 86.5 Å². The van der Waals surface area contributed by atoms with Gasteiger partial charge in [0.25, 0.3) is 0 Å². The topological polar surface area (TPSA) is 29.9 Å². The maximum atomic E-state index is 4.34. The highest BCUT2D eigenvalue weighted by atomic mass is 33.1. The van der Waals surface area contributed by atoms with Crippen molar-refractivity contribution in [2.45, 2.75) is 11.1 Å². The van der Waals surface area contributed by atoms with Gasteiger partial charge in [0, 0.05) is 19.4 Å². The van der Waals surface area contributed by atoms with Gasteiger partial charge in [-0.25, -0.2) is 4.98 Å². The zero-order valence-electron chi connectivity index (χ0n) is 6.85. The molecule has 0 saturated heterocycles. The van der Waals surface area contributed by atoms with Gasteiger partial charge in [0.15, 0.2) is 0 Å². The molecule has 1 rings (SSSR count). The highest BCUT2D eigenvalue weighted by Gasteiger charge is 2.18. The lowest BCUT2D eigenvalue weighted by Gasteiger charge is -2.22. The maximum absolute atomic E-state index is 4.34. The Bertz CT molecular complexity index is 258. The van der Waals surface area contributed by atoms with E-state index in [2.05, 4.69) is 34.6 Å². The number of nitrogens with zero attached hydrogens (tertiary/aromatic N) is 2. The second-order valence-electron chi connectivity index (χ2n) is 2.56. The molecule has 6 heteroatoms. The number of nitrogens with one attached hydrogen (secondary N) is 1. The standard InChI is InChI=1S/C6H11N3S3/c1-6(10,12-11)8-5-7-3-4-9(5)2/h3-4,10-11H,1-2H3,(H,7,8). The molecule has 1 aromatic heterocycles. The number of imidazole rings is 1. The zero-order chi connectivity index (χ0) is 9.19. The number of hydrogen-bond acceptors (Lipinski definition) is 5. The van der Waals surface area contributed by atoms with Crippen LogP contribution in [0.25, 0.3) is 0 Å². The summed E-state index contributed by atoms with van der Waals surface area (Å²) in [4.78, 5) is 4.10. The molecule has 0 aliphatic carbocycles. The molecule has 0 bridgehead atoms.